The number of carbonyl (C=O) groups is 1. The zero-order valence-electron chi connectivity index (χ0n) is 11.8. The summed E-state index contributed by atoms with van der Waals surface area (Å²) in [5, 5.41) is 0. The molecule has 0 heterocycles. The van der Waals surface area contributed by atoms with Crippen molar-refractivity contribution >= 4 is 21.9 Å². The largest absolute Gasteiger partial charge is 0.459 e. The topological polar surface area (TPSA) is 26.3 Å². The van der Waals surface area contributed by atoms with Crippen LogP contribution in [0.3, 0.4) is 0 Å². The third kappa shape index (κ3) is 3.25. The first-order valence-electron chi connectivity index (χ1n) is 7.56. The van der Waals surface area contributed by atoms with Crippen molar-refractivity contribution in [1.29, 1.82) is 0 Å². The van der Waals surface area contributed by atoms with Crippen molar-refractivity contribution < 1.29 is 9.53 Å². The summed E-state index contributed by atoms with van der Waals surface area (Å²) in [6.45, 7) is 2.35. The van der Waals surface area contributed by atoms with E-state index in [4.69, 9.17) is 4.74 Å². The number of ether oxygens (including phenoxy) is 1. The molecule has 0 amide bonds. The first-order valence-corrected chi connectivity index (χ1v) is 8.36. The van der Waals surface area contributed by atoms with Crippen molar-refractivity contribution in [2.45, 2.75) is 45.1 Å². The lowest BCUT2D eigenvalue weighted by Gasteiger charge is -2.41. The van der Waals surface area contributed by atoms with E-state index in [-0.39, 0.29) is 12.1 Å². The summed E-state index contributed by atoms with van der Waals surface area (Å²) in [6.07, 6.45) is 6.21. The molecule has 0 N–H and O–H groups in total. The predicted octanol–water partition coefficient (Wildman–Crippen LogP) is 4.82. The second-order valence-electron chi connectivity index (χ2n) is 6.55. The Balaban J connectivity index is 1.61. The van der Waals surface area contributed by atoms with Gasteiger partial charge in [-0.25, -0.2) is 4.79 Å². The highest BCUT2D eigenvalue weighted by Crippen LogP contribution is 2.43. The zero-order chi connectivity index (χ0) is 14.1. The minimum absolute atomic E-state index is 0.127. The molecule has 0 aromatic heterocycles. The Labute approximate surface area is 129 Å². The van der Waals surface area contributed by atoms with E-state index in [0.717, 1.165) is 35.1 Å². The SMILES string of the molecule is CC1CC2CC(C1)CC(OC(=O)c1ccc(Br)cc1)C2. The lowest BCUT2D eigenvalue weighted by molar-refractivity contribution is -0.00990. The summed E-state index contributed by atoms with van der Waals surface area (Å²) >= 11 is 3.38. The standard InChI is InChI=1S/C17H21BrO2/c1-11-6-12-8-13(7-11)10-16(9-12)20-17(19)14-2-4-15(18)5-3-14/h2-5,11-13,16H,6-10H2,1H3. The van der Waals surface area contributed by atoms with Gasteiger partial charge >= 0.3 is 5.97 Å². The summed E-state index contributed by atoms with van der Waals surface area (Å²) in [7, 11) is 0. The maximum absolute atomic E-state index is 12.2. The van der Waals surface area contributed by atoms with Crippen LogP contribution in [0.4, 0.5) is 0 Å². The Hall–Kier alpha value is -0.830. The van der Waals surface area contributed by atoms with E-state index >= 15 is 0 Å². The molecule has 20 heavy (non-hydrogen) atoms. The molecule has 2 unspecified atom stereocenters. The molecule has 0 saturated heterocycles. The van der Waals surface area contributed by atoms with Gasteiger partial charge in [-0.3, -0.25) is 0 Å². The Morgan fingerprint density at radius 1 is 1.05 bits per heavy atom. The van der Waals surface area contributed by atoms with Crippen LogP contribution in [0, 0.1) is 17.8 Å². The number of fused-ring (bicyclic) bond motifs is 2. The minimum Gasteiger partial charge on any atom is -0.459 e. The molecule has 2 aliphatic carbocycles. The van der Waals surface area contributed by atoms with Crippen molar-refractivity contribution in [2.75, 3.05) is 0 Å². The summed E-state index contributed by atoms with van der Waals surface area (Å²) in [4.78, 5) is 12.2. The van der Waals surface area contributed by atoms with Gasteiger partial charge in [0.25, 0.3) is 0 Å². The number of carbonyl (C=O) groups excluding carboxylic acids is 1. The predicted molar refractivity (Wildman–Crippen MR) is 82.6 cm³/mol. The smallest absolute Gasteiger partial charge is 0.338 e. The van der Waals surface area contributed by atoms with E-state index in [0.29, 0.717) is 5.56 Å². The number of esters is 1. The minimum atomic E-state index is -0.171. The maximum atomic E-state index is 12.2. The van der Waals surface area contributed by atoms with E-state index in [9.17, 15) is 4.79 Å². The molecule has 3 rings (SSSR count). The van der Waals surface area contributed by atoms with Gasteiger partial charge in [-0.05, 0) is 74.1 Å². The monoisotopic (exact) mass is 336 g/mol. The molecule has 2 bridgehead atoms. The highest BCUT2D eigenvalue weighted by atomic mass is 79.9. The number of rotatable bonds is 2. The molecular formula is C17H21BrO2. The molecule has 0 radical (unpaired) electrons. The highest BCUT2D eigenvalue weighted by Gasteiger charge is 2.36. The maximum Gasteiger partial charge on any atom is 0.338 e. The van der Waals surface area contributed by atoms with E-state index in [1.807, 2.05) is 24.3 Å². The lowest BCUT2D eigenvalue weighted by atomic mass is 9.67. The Morgan fingerprint density at radius 2 is 1.65 bits per heavy atom. The summed E-state index contributed by atoms with van der Waals surface area (Å²) in [5.74, 6) is 2.21. The lowest BCUT2D eigenvalue weighted by Crippen LogP contribution is -2.35. The van der Waals surface area contributed by atoms with Crippen LogP contribution in [0.5, 0.6) is 0 Å². The molecule has 2 nitrogen and oxygen atoms in total. The van der Waals surface area contributed by atoms with Crippen LogP contribution in [0.2, 0.25) is 0 Å². The van der Waals surface area contributed by atoms with Crippen LogP contribution in [-0.4, -0.2) is 12.1 Å². The molecule has 3 heteroatoms. The normalized spacial score (nSPS) is 32.7. The van der Waals surface area contributed by atoms with Crippen molar-refractivity contribution in [1.82, 2.24) is 0 Å². The highest BCUT2D eigenvalue weighted by molar-refractivity contribution is 9.10. The first-order chi connectivity index (χ1) is 9.60. The molecular weight excluding hydrogens is 316 g/mol. The van der Waals surface area contributed by atoms with Crippen molar-refractivity contribution in [3.63, 3.8) is 0 Å². The quantitative estimate of drug-likeness (QED) is 0.723. The second-order valence-corrected chi connectivity index (χ2v) is 7.47. The van der Waals surface area contributed by atoms with Crippen LogP contribution < -0.4 is 0 Å². The van der Waals surface area contributed by atoms with Crippen molar-refractivity contribution in [3.05, 3.63) is 34.3 Å². The second kappa shape index (κ2) is 5.88. The Morgan fingerprint density at radius 3 is 2.25 bits per heavy atom. The zero-order valence-corrected chi connectivity index (χ0v) is 13.4. The average Bonchev–Trinajstić information content (AvgIpc) is 2.37. The molecule has 2 fully saturated rings. The fourth-order valence-corrected chi connectivity index (χ4v) is 4.29. The Bertz CT molecular complexity index is 464. The van der Waals surface area contributed by atoms with Gasteiger partial charge in [0.15, 0.2) is 0 Å². The van der Waals surface area contributed by atoms with Crippen LogP contribution in [-0.2, 0) is 4.74 Å². The molecule has 1 aromatic carbocycles. The van der Waals surface area contributed by atoms with Gasteiger partial charge in [0.2, 0.25) is 0 Å². The van der Waals surface area contributed by atoms with Gasteiger partial charge in [-0.2, -0.15) is 0 Å². The van der Waals surface area contributed by atoms with Crippen LogP contribution in [0.15, 0.2) is 28.7 Å². The Kier molecular flexibility index (Phi) is 4.16. The van der Waals surface area contributed by atoms with Gasteiger partial charge in [-0.1, -0.05) is 22.9 Å². The van der Waals surface area contributed by atoms with E-state index in [1.54, 1.807) is 0 Å². The van der Waals surface area contributed by atoms with Gasteiger partial charge in [0.1, 0.15) is 6.10 Å². The summed E-state index contributed by atoms with van der Waals surface area (Å²) < 4.78 is 6.72. The van der Waals surface area contributed by atoms with Gasteiger partial charge < -0.3 is 4.74 Å². The molecule has 2 atom stereocenters. The number of benzene rings is 1. The van der Waals surface area contributed by atoms with E-state index in [1.165, 1.54) is 19.3 Å². The van der Waals surface area contributed by atoms with Gasteiger partial charge in [0, 0.05) is 4.47 Å². The third-order valence-corrected chi connectivity index (χ3v) is 5.21. The third-order valence-electron chi connectivity index (χ3n) is 4.68. The first kappa shape index (κ1) is 14.1. The average molecular weight is 337 g/mol. The van der Waals surface area contributed by atoms with Crippen molar-refractivity contribution in [2.24, 2.45) is 17.8 Å². The van der Waals surface area contributed by atoms with Crippen molar-refractivity contribution in [3.8, 4) is 0 Å². The van der Waals surface area contributed by atoms with Gasteiger partial charge in [0.05, 0.1) is 5.56 Å². The molecule has 0 spiro atoms. The number of hydrogen-bond acceptors (Lipinski definition) is 2. The molecule has 2 saturated carbocycles. The number of hydrogen-bond donors (Lipinski definition) is 0. The fourth-order valence-electron chi connectivity index (χ4n) is 4.02. The fraction of sp³-hybridized carbons (Fsp3) is 0.588. The van der Waals surface area contributed by atoms with Crippen LogP contribution in [0.25, 0.3) is 0 Å². The summed E-state index contributed by atoms with van der Waals surface area (Å²) in [6, 6.07) is 7.40. The molecule has 0 aliphatic heterocycles. The molecule has 108 valence electrons. The number of halogens is 1. The molecule has 2 aliphatic rings. The van der Waals surface area contributed by atoms with E-state index < -0.39 is 0 Å². The van der Waals surface area contributed by atoms with E-state index in [2.05, 4.69) is 22.9 Å². The molecule has 1 aromatic rings. The van der Waals surface area contributed by atoms with Crippen LogP contribution >= 0.6 is 15.9 Å². The van der Waals surface area contributed by atoms with Crippen LogP contribution in [0.1, 0.15) is 49.4 Å². The van der Waals surface area contributed by atoms with Gasteiger partial charge in [-0.15, -0.1) is 0 Å². The summed E-state index contributed by atoms with van der Waals surface area (Å²) in [5.41, 5.74) is 0.650.